The zero-order valence-corrected chi connectivity index (χ0v) is 30.9. The van der Waals surface area contributed by atoms with Crippen molar-refractivity contribution in [1.29, 1.82) is 0 Å². The van der Waals surface area contributed by atoms with Gasteiger partial charge in [0.2, 0.25) is 0 Å². The average Bonchev–Trinajstić information content (AvgIpc) is 3.05. The average molecular weight is 689 g/mol. The third kappa shape index (κ3) is 12.5. The van der Waals surface area contributed by atoms with Gasteiger partial charge in [-0.15, -0.1) is 0 Å². The van der Waals surface area contributed by atoms with Gasteiger partial charge in [-0.3, -0.25) is 0 Å². The highest BCUT2D eigenvalue weighted by Gasteiger charge is 2.53. The zero-order valence-electron chi connectivity index (χ0n) is 29.1. The molecule has 0 saturated carbocycles. The van der Waals surface area contributed by atoms with E-state index in [1.165, 1.54) is 101 Å². The number of hydrogen-bond donors (Lipinski definition) is 4. The summed E-state index contributed by atoms with van der Waals surface area (Å²) in [5.74, 6) is -2.02. The summed E-state index contributed by atoms with van der Waals surface area (Å²) in [6.45, 7) is 4.49. The maximum Gasteiger partial charge on any atom is 0.146 e. The van der Waals surface area contributed by atoms with Crippen molar-refractivity contribution in [2.45, 2.75) is 166 Å². The van der Waals surface area contributed by atoms with Crippen LogP contribution < -0.4 is 9.05 Å². The van der Waals surface area contributed by atoms with Gasteiger partial charge in [-0.1, -0.05) is 115 Å². The molecule has 0 amide bonds. The fourth-order valence-corrected chi connectivity index (χ4v) is 11.6. The third-order valence-electron chi connectivity index (χ3n) is 10.0. The van der Waals surface area contributed by atoms with Crippen molar-refractivity contribution >= 4 is 16.3 Å². The molecule has 2 fully saturated rings. The van der Waals surface area contributed by atoms with Crippen LogP contribution in [-0.2, 0) is 12.8 Å². The Morgan fingerprint density at radius 2 is 0.787 bits per heavy atom. The minimum absolute atomic E-state index is 0.386. The monoisotopic (exact) mass is 688 g/mol. The molecule has 6 nitrogen and oxygen atoms in total. The van der Waals surface area contributed by atoms with Crippen LogP contribution in [0.2, 0.25) is 0 Å². The summed E-state index contributed by atoms with van der Waals surface area (Å²) in [5, 5.41) is 44.7. The first-order valence-electron chi connectivity index (χ1n) is 18.7. The van der Waals surface area contributed by atoms with E-state index in [0.29, 0.717) is 37.2 Å². The topological polar surface area (TPSA) is 99.4 Å². The summed E-state index contributed by atoms with van der Waals surface area (Å²) in [7, 11) is -3.05. The first kappa shape index (κ1) is 38.5. The Morgan fingerprint density at radius 1 is 0.489 bits per heavy atom. The number of rotatable bonds is 20. The molecule has 2 aromatic carbocycles. The van der Waals surface area contributed by atoms with Gasteiger partial charge < -0.3 is 29.5 Å². The summed E-state index contributed by atoms with van der Waals surface area (Å²) in [5.41, 5.74) is 2.01. The van der Waals surface area contributed by atoms with E-state index < -0.39 is 45.1 Å². The zero-order chi connectivity index (χ0) is 33.5. The normalized spacial score (nSPS) is 27.6. The molecular formula is C39H62O6P2. The molecule has 8 heteroatoms. The lowest BCUT2D eigenvalue weighted by atomic mass is 9.75. The molecule has 0 bridgehead atoms. The summed E-state index contributed by atoms with van der Waals surface area (Å²) in [6.07, 6.45) is 21.7. The van der Waals surface area contributed by atoms with Crippen molar-refractivity contribution in [2.24, 2.45) is 5.41 Å². The van der Waals surface area contributed by atoms with Crippen LogP contribution >= 0.6 is 16.3 Å². The molecule has 2 saturated heterocycles. The van der Waals surface area contributed by atoms with Crippen LogP contribution in [0.3, 0.4) is 0 Å². The van der Waals surface area contributed by atoms with E-state index in [4.69, 9.17) is 9.05 Å². The molecule has 4 N–H and O–H groups in total. The summed E-state index contributed by atoms with van der Waals surface area (Å²) in [6, 6.07) is 16.1. The van der Waals surface area contributed by atoms with E-state index in [9.17, 15) is 20.4 Å². The summed E-state index contributed by atoms with van der Waals surface area (Å²) >= 11 is 0. The summed E-state index contributed by atoms with van der Waals surface area (Å²) < 4.78 is 12.4. The van der Waals surface area contributed by atoms with Crippen LogP contribution in [0.4, 0.5) is 0 Å². The molecule has 0 aliphatic carbocycles. The van der Waals surface area contributed by atoms with E-state index in [2.05, 4.69) is 38.1 Å². The third-order valence-corrected chi connectivity index (χ3v) is 14.0. The Bertz CT molecular complexity index is 1010. The second-order valence-electron chi connectivity index (χ2n) is 14.2. The molecule has 47 heavy (non-hydrogen) atoms. The molecule has 2 aliphatic heterocycles. The highest BCUT2D eigenvalue weighted by atomic mass is 31.1. The van der Waals surface area contributed by atoms with E-state index in [1.54, 1.807) is 0 Å². The Labute approximate surface area is 287 Å². The van der Waals surface area contributed by atoms with E-state index in [1.807, 2.05) is 24.3 Å². The fraction of sp³-hybridized carbons (Fsp3) is 0.692. The Morgan fingerprint density at radius 3 is 1.11 bits per heavy atom. The molecule has 4 rings (SSSR count). The fourth-order valence-electron chi connectivity index (χ4n) is 7.30. The number of unbranched alkanes of at least 4 members (excludes halogenated alkanes) is 12. The van der Waals surface area contributed by atoms with Crippen LogP contribution in [0.5, 0.6) is 11.5 Å². The van der Waals surface area contributed by atoms with Gasteiger partial charge in [0.15, 0.2) is 0 Å². The van der Waals surface area contributed by atoms with Gasteiger partial charge in [0, 0.05) is 0 Å². The van der Waals surface area contributed by atoms with Gasteiger partial charge in [-0.05, 0) is 92.2 Å². The van der Waals surface area contributed by atoms with Crippen molar-refractivity contribution in [2.75, 3.05) is 0 Å². The van der Waals surface area contributed by atoms with Gasteiger partial charge in [-0.2, -0.15) is 0 Å². The molecule has 2 aromatic rings. The minimum Gasteiger partial charge on any atom is -0.469 e. The van der Waals surface area contributed by atoms with Crippen molar-refractivity contribution < 1.29 is 29.5 Å². The molecule has 264 valence electrons. The van der Waals surface area contributed by atoms with Gasteiger partial charge in [0.25, 0.3) is 0 Å². The first-order chi connectivity index (χ1) is 22.8. The predicted molar refractivity (Wildman–Crippen MR) is 196 cm³/mol. The maximum absolute atomic E-state index is 11.2. The largest absolute Gasteiger partial charge is 0.469 e. The van der Waals surface area contributed by atoms with Crippen molar-refractivity contribution in [1.82, 2.24) is 0 Å². The van der Waals surface area contributed by atoms with Gasteiger partial charge in [-0.25, -0.2) is 0 Å². The molecular weight excluding hydrogens is 626 g/mol. The lowest BCUT2D eigenvalue weighted by Crippen LogP contribution is -2.45. The number of hydrogen-bond acceptors (Lipinski definition) is 6. The molecule has 1 spiro atoms. The molecule has 0 radical (unpaired) electrons. The maximum atomic E-state index is 11.2. The number of aliphatic hydroxyl groups is 4. The lowest BCUT2D eigenvalue weighted by Gasteiger charge is -2.50. The number of aryl methyl sites for hydroxylation is 2. The summed E-state index contributed by atoms with van der Waals surface area (Å²) in [4.78, 5) is 0. The molecule has 4 unspecified atom stereocenters. The smallest absolute Gasteiger partial charge is 0.146 e. The van der Waals surface area contributed by atoms with E-state index in [-0.39, 0.29) is 0 Å². The quantitative estimate of drug-likeness (QED) is 0.0816. The van der Waals surface area contributed by atoms with Crippen LogP contribution in [0.15, 0.2) is 48.5 Å². The van der Waals surface area contributed by atoms with Crippen LogP contribution in [0.1, 0.15) is 141 Å². The van der Waals surface area contributed by atoms with E-state index >= 15 is 0 Å². The van der Waals surface area contributed by atoms with Crippen molar-refractivity contribution in [3.8, 4) is 11.5 Å². The highest BCUT2D eigenvalue weighted by molar-refractivity contribution is 7.54. The second-order valence-corrected chi connectivity index (χ2v) is 18.4. The number of benzene rings is 2. The molecule has 2 heterocycles. The predicted octanol–water partition coefficient (Wildman–Crippen LogP) is 10.4. The minimum atomic E-state index is -1.52. The number of aliphatic hydroxyl groups excluding tert-OH is 4. The van der Waals surface area contributed by atoms with Crippen LogP contribution in [0.25, 0.3) is 0 Å². The molecule has 4 atom stereocenters. The van der Waals surface area contributed by atoms with Crippen LogP contribution in [0, 0.1) is 5.41 Å². The molecule has 0 aromatic heterocycles. The Hall–Kier alpha value is -1.26. The van der Waals surface area contributed by atoms with Crippen LogP contribution in [-0.4, -0.2) is 43.8 Å². The second kappa shape index (κ2) is 20.4. The Kier molecular flexibility index (Phi) is 16.7. The van der Waals surface area contributed by atoms with Crippen molar-refractivity contribution in [3.63, 3.8) is 0 Å². The lowest BCUT2D eigenvalue weighted by molar-refractivity contribution is 0.00334. The van der Waals surface area contributed by atoms with Crippen molar-refractivity contribution in [3.05, 3.63) is 59.7 Å². The first-order valence-corrected chi connectivity index (χ1v) is 21.4. The van der Waals surface area contributed by atoms with E-state index in [0.717, 1.165) is 12.8 Å². The molecule has 2 aliphatic rings. The van der Waals surface area contributed by atoms with Gasteiger partial charge in [0.1, 0.15) is 51.2 Å². The standard InChI is InChI=1S/C39H62O6P2/c1-3-5-7-9-11-13-15-17-31-19-23-33(24-20-31)44-46-35(40)27-39(28-36(46)41)29-37(42)47(38(43)30-39)45-34-25-21-32(22-26-34)18-16-14-12-10-8-6-4-2/h19-26,35-38,40-43H,3-18,27-30H2,1-2H3. The highest BCUT2D eigenvalue weighted by Crippen LogP contribution is 2.65. The SMILES string of the molecule is CCCCCCCCCc1ccc(OP2C(O)CC3(CC2O)CC(O)P(Oc2ccc(CCCCCCCCC)cc2)C(O)C3)cc1. The Balaban J connectivity index is 1.20. The van der Waals surface area contributed by atoms with Gasteiger partial charge >= 0.3 is 0 Å². The van der Waals surface area contributed by atoms with Gasteiger partial charge in [0.05, 0.1) is 0 Å².